The molecule has 0 fully saturated rings. The van der Waals surface area contributed by atoms with E-state index in [1.54, 1.807) is 42.6 Å². The molecule has 0 radical (unpaired) electrons. The highest BCUT2D eigenvalue weighted by Gasteiger charge is 2.17. The first kappa shape index (κ1) is 21.6. The van der Waals surface area contributed by atoms with E-state index in [0.717, 1.165) is 10.6 Å². The molecule has 3 aromatic heterocycles. The van der Waals surface area contributed by atoms with Gasteiger partial charge in [0.2, 0.25) is 5.91 Å². The van der Waals surface area contributed by atoms with E-state index >= 15 is 0 Å². The molecule has 1 atom stereocenters. The van der Waals surface area contributed by atoms with Gasteiger partial charge in [-0.2, -0.15) is 10.2 Å². The van der Waals surface area contributed by atoms with Gasteiger partial charge in [0.1, 0.15) is 5.69 Å². The van der Waals surface area contributed by atoms with Crippen LogP contribution in [0.1, 0.15) is 19.0 Å². The number of nitrogens with zero attached hydrogens (tertiary/aromatic N) is 4. The fourth-order valence-corrected chi connectivity index (χ4v) is 4.25. The summed E-state index contributed by atoms with van der Waals surface area (Å²) < 4.78 is 2.64. The van der Waals surface area contributed by atoms with Crippen molar-refractivity contribution < 1.29 is 4.79 Å². The van der Waals surface area contributed by atoms with Crippen molar-refractivity contribution in [1.82, 2.24) is 24.9 Å². The van der Waals surface area contributed by atoms with Crippen molar-refractivity contribution in [2.75, 3.05) is 0 Å². The third-order valence-corrected chi connectivity index (χ3v) is 6.14. The van der Waals surface area contributed by atoms with Crippen LogP contribution < -0.4 is 16.4 Å². The Balaban J connectivity index is 1.52. The van der Waals surface area contributed by atoms with Crippen LogP contribution in [0.4, 0.5) is 0 Å². The zero-order valence-corrected chi connectivity index (χ0v) is 18.6. The second kappa shape index (κ2) is 9.27. The van der Waals surface area contributed by atoms with Crippen molar-refractivity contribution in [3.63, 3.8) is 0 Å². The molecule has 0 saturated heterocycles. The maximum absolute atomic E-state index is 12.8. The van der Waals surface area contributed by atoms with E-state index in [9.17, 15) is 14.4 Å². The molecule has 0 saturated carbocycles. The Labute approximate surface area is 188 Å². The zero-order chi connectivity index (χ0) is 22.7. The topological polar surface area (TPSA) is 98.9 Å². The van der Waals surface area contributed by atoms with Crippen molar-refractivity contribution in [3.05, 3.63) is 80.3 Å². The second-order valence-electron chi connectivity index (χ2n) is 7.49. The van der Waals surface area contributed by atoms with Gasteiger partial charge in [-0.15, -0.1) is 11.3 Å². The van der Waals surface area contributed by atoms with E-state index in [1.807, 2.05) is 30.5 Å². The number of nitrogens with one attached hydrogen (secondary N) is 1. The summed E-state index contributed by atoms with van der Waals surface area (Å²) in [7, 11) is 1.57. The Bertz CT molecular complexity index is 1370. The first-order valence-corrected chi connectivity index (χ1v) is 11.2. The van der Waals surface area contributed by atoms with Crippen LogP contribution in [0.15, 0.2) is 63.5 Å². The first-order chi connectivity index (χ1) is 15.5. The third-order valence-electron chi connectivity index (χ3n) is 5.25. The van der Waals surface area contributed by atoms with Gasteiger partial charge in [-0.25, -0.2) is 9.36 Å². The molecule has 3 heterocycles. The van der Waals surface area contributed by atoms with Gasteiger partial charge in [-0.05, 0) is 30.0 Å². The smallest absolute Gasteiger partial charge is 0.274 e. The third kappa shape index (κ3) is 4.52. The van der Waals surface area contributed by atoms with Gasteiger partial charge in [0.05, 0.1) is 28.9 Å². The normalized spacial score (nSPS) is 12.1. The molecule has 0 aliphatic heterocycles. The highest BCUT2D eigenvalue weighted by atomic mass is 32.1. The Kier molecular flexibility index (Phi) is 6.27. The molecule has 164 valence electrons. The molecule has 8 nitrogen and oxygen atoms in total. The number of amides is 1. The van der Waals surface area contributed by atoms with Crippen LogP contribution in [-0.2, 0) is 24.8 Å². The number of benzene rings is 1. The Hall–Kier alpha value is -3.59. The average Bonchev–Trinajstić information content (AvgIpc) is 3.33. The first-order valence-electron chi connectivity index (χ1n) is 10.3. The van der Waals surface area contributed by atoms with Gasteiger partial charge in [0.25, 0.3) is 11.1 Å². The molecule has 4 aromatic rings. The number of hydrogen-bond donors (Lipinski definition) is 1. The second-order valence-corrected chi connectivity index (χ2v) is 8.43. The van der Waals surface area contributed by atoms with Crippen molar-refractivity contribution in [2.24, 2.45) is 7.05 Å². The molecule has 0 unspecified atom stereocenters. The number of aromatic nitrogens is 4. The molecule has 1 amide bonds. The van der Waals surface area contributed by atoms with Gasteiger partial charge in [0.15, 0.2) is 0 Å². The zero-order valence-electron chi connectivity index (χ0n) is 17.8. The minimum atomic E-state index is -0.273. The van der Waals surface area contributed by atoms with E-state index < -0.39 is 0 Å². The van der Waals surface area contributed by atoms with Crippen molar-refractivity contribution in [1.29, 1.82) is 0 Å². The number of carbonyl (C=O) groups is 1. The molecular weight excluding hydrogens is 426 g/mol. The van der Waals surface area contributed by atoms with E-state index in [2.05, 4.69) is 15.5 Å². The summed E-state index contributed by atoms with van der Waals surface area (Å²) in [5.41, 5.74) is 0.836. The Morgan fingerprint density at radius 1 is 1.06 bits per heavy atom. The molecule has 9 heteroatoms. The highest BCUT2D eigenvalue weighted by Crippen LogP contribution is 2.21. The van der Waals surface area contributed by atoms with Crippen molar-refractivity contribution >= 4 is 28.0 Å². The molecule has 0 spiro atoms. The quantitative estimate of drug-likeness (QED) is 0.467. The molecule has 32 heavy (non-hydrogen) atoms. The molecular formula is C23H23N5O3S. The molecule has 1 N–H and O–H groups in total. The number of fused-ring (bicyclic) bond motifs is 1. The summed E-state index contributed by atoms with van der Waals surface area (Å²) in [6, 6.07) is 13.9. The number of thiophene rings is 1. The van der Waals surface area contributed by atoms with Crippen LogP contribution in [0.3, 0.4) is 0 Å². The maximum atomic E-state index is 12.8. The summed E-state index contributed by atoms with van der Waals surface area (Å²) >= 11 is 1.55. The van der Waals surface area contributed by atoms with Crippen molar-refractivity contribution in [3.8, 4) is 10.6 Å². The maximum Gasteiger partial charge on any atom is 0.274 e. The fraction of sp³-hybridized carbons (Fsp3) is 0.261. The minimum absolute atomic E-state index is 0.0305. The predicted octanol–water partition coefficient (Wildman–Crippen LogP) is 2.36. The van der Waals surface area contributed by atoms with Gasteiger partial charge in [-0.3, -0.25) is 14.4 Å². The molecule has 1 aromatic carbocycles. The summed E-state index contributed by atoms with van der Waals surface area (Å²) in [5.74, 6) is -0.226. The van der Waals surface area contributed by atoms with Crippen LogP contribution in [0.5, 0.6) is 0 Å². The van der Waals surface area contributed by atoms with Crippen LogP contribution >= 0.6 is 11.3 Å². The van der Waals surface area contributed by atoms with Gasteiger partial charge < -0.3 is 5.32 Å². The lowest BCUT2D eigenvalue weighted by Gasteiger charge is -2.18. The van der Waals surface area contributed by atoms with Gasteiger partial charge in [0, 0.05) is 24.5 Å². The van der Waals surface area contributed by atoms with E-state index in [-0.39, 0.29) is 36.0 Å². The summed E-state index contributed by atoms with van der Waals surface area (Å²) in [4.78, 5) is 38.4. The molecule has 0 aliphatic rings. The summed E-state index contributed by atoms with van der Waals surface area (Å²) in [6.45, 7) is 2.21. The van der Waals surface area contributed by atoms with Gasteiger partial charge in [-0.1, -0.05) is 31.2 Å². The number of aryl methyl sites for hydroxylation is 1. The number of carbonyl (C=O) groups excluding carboxylic acids is 1. The summed E-state index contributed by atoms with van der Waals surface area (Å²) in [6.07, 6.45) is 0.660. The Morgan fingerprint density at radius 3 is 2.56 bits per heavy atom. The average molecular weight is 450 g/mol. The van der Waals surface area contributed by atoms with E-state index in [1.165, 1.54) is 15.4 Å². The minimum Gasteiger partial charge on any atom is -0.351 e. The monoisotopic (exact) mass is 449 g/mol. The summed E-state index contributed by atoms with van der Waals surface area (Å²) in [5, 5.41) is 14.9. The van der Waals surface area contributed by atoms with Gasteiger partial charge >= 0.3 is 0 Å². The lowest BCUT2D eigenvalue weighted by molar-refractivity contribution is -0.121. The van der Waals surface area contributed by atoms with Crippen molar-refractivity contribution in [2.45, 2.75) is 32.4 Å². The SMILES string of the molecule is CC[C@H](Cn1nc(-c2cccs2)ccc1=O)NC(=O)Cc1nn(C)c(=O)c2ccccc12. The molecule has 0 bridgehead atoms. The lowest BCUT2D eigenvalue weighted by atomic mass is 10.1. The largest absolute Gasteiger partial charge is 0.351 e. The van der Waals surface area contributed by atoms with Crippen LogP contribution in [-0.4, -0.2) is 31.5 Å². The molecule has 0 aliphatic carbocycles. The van der Waals surface area contributed by atoms with Crippen LogP contribution in [0.2, 0.25) is 0 Å². The fourth-order valence-electron chi connectivity index (χ4n) is 3.56. The van der Waals surface area contributed by atoms with Crippen LogP contribution in [0.25, 0.3) is 21.3 Å². The van der Waals surface area contributed by atoms with Crippen LogP contribution in [0, 0.1) is 0 Å². The molecule has 4 rings (SSSR count). The lowest BCUT2D eigenvalue weighted by Crippen LogP contribution is -2.41. The number of hydrogen-bond acceptors (Lipinski definition) is 6. The number of rotatable bonds is 7. The highest BCUT2D eigenvalue weighted by molar-refractivity contribution is 7.13. The van der Waals surface area contributed by atoms with E-state index in [0.29, 0.717) is 22.9 Å². The Morgan fingerprint density at radius 2 is 1.84 bits per heavy atom. The standard InChI is InChI=1S/C23H23N5O3S/c1-3-15(14-28-22(30)11-10-18(26-28)20-9-6-12-32-20)24-21(29)13-19-16-7-4-5-8-17(16)23(31)27(2)25-19/h4-12,15H,3,13-14H2,1-2H3,(H,24,29)/t15-/m1/s1. The van der Waals surface area contributed by atoms with E-state index in [4.69, 9.17) is 0 Å². The predicted molar refractivity (Wildman–Crippen MR) is 125 cm³/mol.